The van der Waals surface area contributed by atoms with Crippen LogP contribution in [0.15, 0.2) is 29.6 Å². The topological polar surface area (TPSA) is 37.3 Å². The molecule has 5 heteroatoms. The summed E-state index contributed by atoms with van der Waals surface area (Å²) in [5.74, 6) is -0.495. The molecule has 0 amide bonds. The average molecular weight is 273 g/mol. The molecule has 82 valence electrons. The van der Waals surface area contributed by atoms with Gasteiger partial charge in [-0.2, -0.15) is 0 Å². The van der Waals surface area contributed by atoms with Crippen LogP contribution in [0.5, 0.6) is 5.75 Å². The van der Waals surface area contributed by atoms with Crippen molar-refractivity contribution >= 4 is 40.3 Å². The predicted molar refractivity (Wildman–Crippen MR) is 65.9 cm³/mol. The minimum Gasteiger partial charge on any atom is -0.507 e. The van der Waals surface area contributed by atoms with Gasteiger partial charge in [0.15, 0.2) is 0 Å². The number of halogens is 2. The van der Waals surface area contributed by atoms with Gasteiger partial charge in [0, 0.05) is 5.02 Å². The third kappa shape index (κ3) is 2.07. The maximum absolute atomic E-state index is 12.0. The fourth-order valence-electron chi connectivity index (χ4n) is 1.32. The van der Waals surface area contributed by atoms with Gasteiger partial charge in [0.1, 0.15) is 5.75 Å². The van der Waals surface area contributed by atoms with Gasteiger partial charge in [0.2, 0.25) is 5.78 Å². The van der Waals surface area contributed by atoms with E-state index in [1.807, 2.05) is 0 Å². The van der Waals surface area contributed by atoms with E-state index in [1.54, 1.807) is 17.5 Å². The van der Waals surface area contributed by atoms with Crippen LogP contribution in [-0.4, -0.2) is 10.9 Å². The van der Waals surface area contributed by atoms with Crippen molar-refractivity contribution in [2.45, 2.75) is 0 Å². The van der Waals surface area contributed by atoms with Crippen molar-refractivity contribution in [2.75, 3.05) is 0 Å². The Hall–Kier alpha value is -1.03. The number of carbonyl (C=O) groups excluding carboxylic acids is 1. The molecule has 0 unspecified atom stereocenters. The lowest BCUT2D eigenvalue weighted by atomic mass is 10.1. The van der Waals surface area contributed by atoms with Crippen molar-refractivity contribution in [1.29, 1.82) is 0 Å². The first-order valence-electron chi connectivity index (χ1n) is 4.36. The second-order valence-corrected chi connectivity index (χ2v) is 4.88. The molecule has 2 nitrogen and oxygen atoms in total. The van der Waals surface area contributed by atoms with Gasteiger partial charge in [-0.05, 0) is 23.6 Å². The number of benzene rings is 1. The highest BCUT2D eigenvalue weighted by atomic mass is 35.5. The molecule has 0 aliphatic rings. The number of thiophene rings is 1. The number of phenols is 1. The Morgan fingerprint density at radius 2 is 2.06 bits per heavy atom. The molecule has 2 aromatic rings. The predicted octanol–water partition coefficient (Wildman–Crippen LogP) is 3.99. The van der Waals surface area contributed by atoms with Crippen LogP contribution in [-0.2, 0) is 0 Å². The molecule has 0 aliphatic heterocycles. The summed E-state index contributed by atoms with van der Waals surface area (Å²) in [6.45, 7) is 0. The molecule has 0 atom stereocenters. The van der Waals surface area contributed by atoms with Crippen LogP contribution in [0.2, 0.25) is 10.0 Å². The standard InChI is InChI=1S/C11H6Cl2O2S/c12-6-4-7(13)10(8(14)5-6)11(15)9-2-1-3-16-9/h1-5,14H. The minimum absolute atomic E-state index is 0.0912. The van der Waals surface area contributed by atoms with E-state index in [0.29, 0.717) is 9.90 Å². The summed E-state index contributed by atoms with van der Waals surface area (Å²) >= 11 is 12.9. The third-order valence-corrected chi connectivity index (χ3v) is 3.39. The Kier molecular flexibility index (Phi) is 3.19. The monoisotopic (exact) mass is 272 g/mol. The molecule has 1 N–H and O–H groups in total. The van der Waals surface area contributed by atoms with E-state index in [4.69, 9.17) is 23.2 Å². The minimum atomic E-state index is -0.297. The molecule has 0 radical (unpaired) electrons. The van der Waals surface area contributed by atoms with Gasteiger partial charge in [-0.3, -0.25) is 4.79 Å². The summed E-state index contributed by atoms with van der Waals surface area (Å²) in [6.07, 6.45) is 0. The Balaban J connectivity index is 2.53. The third-order valence-electron chi connectivity index (χ3n) is 2.01. The number of phenolic OH excluding ortho intramolecular Hbond substituents is 1. The van der Waals surface area contributed by atoms with Crippen molar-refractivity contribution in [1.82, 2.24) is 0 Å². The van der Waals surface area contributed by atoms with Crippen LogP contribution in [0.4, 0.5) is 0 Å². The van der Waals surface area contributed by atoms with E-state index in [-0.39, 0.29) is 22.1 Å². The van der Waals surface area contributed by atoms with Crippen LogP contribution < -0.4 is 0 Å². The maximum Gasteiger partial charge on any atom is 0.208 e. The molecule has 2 rings (SSSR count). The maximum atomic E-state index is 12.0. The van der Waals surface area contributed by atoms with Crippen LogP contribution in [0.1, 0.15) is 15.2 Å². The summed E-state index contributed by atoms with van der Waals surface area (Å²) in [6, 6.07) is 6.17. The van der Waals surface area contributed by atoms with Gasteiger partial charge in [-0.15, -0.1) is 11.3 Å². The van der Waals surface area contributed by atoms with Gasteiger partial charge in [-0.1, -0.05) is 29.3 Å². The first kappa shape index (κ1) is 11.5. The van der Waals surface area contributed by atoms with Gasteiger partial charge in [0.25, 0.3) is 0 Å². The van der Waals surface area contributed by atoms with E-state index in [9.17, 15) is 9.90 Å². The Labute approximate surface area is 106 Å². The van der Waals surface area contributed by atoms with Gasteiger partial charge < -0.3 is 5.11 Å². The smallest absolute Gasteiger partial charge is 0.208 e. The van der Waals surface area contributed by atoms with Crippen molar-refractivity contribution in [2.24, 2.45) is 0 Å². The lowest BCUT2D eigenvalue weighted by Crippen LogP contribution is -2.00. The Morgan fingerprint density at radius 1 is 1.31 bits per heavy atom. The highest BCUT2D eigenvalue weighted by Gasteiger charge is 2.18. The van der Waals surface area contributed by atoms with E-state index in [0.717, 1.165) is 0 Å². The fraction of sp³-hybridized carbons (Fsp3) is 0. The van der Waals surface area contributed by atoms with Gasteiger partial charge in [-0.25, -0.2) is 0 Å². The molecule has 0 fully saturated rings. The number of aromatic hydroxyl groups is 1. The lowest BCUT2D eigenvalue weighted by Gasteiger charge is -2.05. The average Bonchev–Trinajstić information content (AvgIpc) is 2.67. The van der Waals surface area contributed by atoms with Crippen molar-refractivity contribution < 1.29 is 9.90 Å². The Bertz CT molecular complexity index is 512. The summed E-state index contributed by atoms with van der Waals surface area (Å²) < 4.78 is 0. The second-order valence-electron chi connectivity index (χ2n) is 3.09. The van der Waals surface area contributed by atoms with Gasteiger partial charge >= 0.3 is 0 Å². The molecular formula is C11H6Cl2O2S. The molecule has 1 aromatic heterocycles. The largest absolute Gasteiger partial charge is 0.507 e. The number of hydrogen-bond acceptors (Lipinski definition) is 3. The molecule has 1 heterocycles. The zero-order valence-corrected chi connectivity index (χ0v) is 10.2. The Morgan fingerprint density at radius 3 is 2.62 bits per heavy atom. The zero-order valence-electron chi connectivity index (χ0n) is 7.91. The zero-order chi connectivity index (χ0) is 11.7. The number of hydrogen-bond donors (Lipinski definition) is 1. The van der Waals surface area contributed by atoms with Crippen LogP contribution >= 0.6 is 34.5 Å². The summed E-state index contributed by atoms with van der Waals surface area (Å²) in [5, 5.41) is 11.9. The molecular weight excluding hydrogens is 267 g/mol. The summed E-state index contributed by atoms with van der Waals surface area (Å²) in [5.41, 5.74) is 0.0912. The quantitative estimate of drug-likeness (QED) is 0.840. The number of carbonyl (C=O) groups is 1. The van der Waals surface area contributed by atoms with Crippen molar-refractivity contribution in [3.63, 3.8) is 0 Å². The molecule has 0 saturated carbocycles. The van der Waals surface area contributed by atoms with Gasteiger partial charge in [0.05, 0.1) is 15.5 Å². The number of ketones is 1. The normalized spacial score (nSPS) is 10.4. The highest BCUT2D eigenvalue weighted by molar-refractivity contribution is 7.12. The highest BCUT2D eigenvalue weighted by Crippen LogP contribution is 2.32. The van der Waals surface area contributed by atoms with E-state index < -0.39 is 0 Å². The van der Waals surface area contributed by atoms with Crippen LogP contribution in [0, 0.1) is 0 Å². The van der Waals surface area contributed by atoms with Crippen molar-refractivity contribution in [3.8, 4) is 5.75 Å². The van der Waals surface area contributed by atoms with E-state index >= 15 is 0 Å². The molecule has 0 bridgehead atoms. The van der Waals surface area contributed by atoms with E-state index in [1.165, 1.54) is 23.5 Å². The first-order chi connectivity index (χ1) is 7.59. The van der Waals surface area contributed by atoms with E-state index in [2.05, 4.69) is 0 Å². The second kappa shape index (κ2) is 4.45. The first-order valence-corrected chi connectivity index (χ1v) is 5.99. The van der Waals surface area contributed by atoms with Crippen LogP contribution in [0.25, 0.3) is 0 Å². The fourth-order valence-corrected chi connectivity index (χ4v) is 2.55. The SMILES string of the molecule is O=C(c1cccs1)c1c(O)cc(Cl)cc1Cl. The number of rotatable bonds is 2. The summed E-state index contributed by atoms with van der Waals surface area (Å²) in [7, 11) is 0. The van der Waals surface area contributed by atoms with Crippen LogP contribution in [0.3, 0.4) is 0 Å². The van der Waals surface area contributed by atoms with Crippen molar-refractivity contribution in [3.05, 3.63) is 50.1 Å². The molecule has 0 aliphatic carbocycles. The lowest BCUT2D eigenvalue weighted by molar-refractivity contribution is 0.104. The molecule has 0 spiro atoms. The molecule has 1 aromatic carbocycles. The molecule has 16 heavy (non-hydrogen) atoms. The summed E-state index contributed by atoms with van der Waals surface area (Å²) in [4.78, 5) is 12.5. The molecule has 0 saturated heterocycles.